The Hall–Kier alpha value is -5.80. The lowest BCUT2D eigenvalue weighted by atomic mass is 10.1. The van der Waals surface area contributed by atoms with Crippen molar-refractivity contribution in [2.45, 2.75) is 39.8 Å². The van der Waals surface area contributed by atoms with Crippen LogP contribution in [0.1, 0.15) is 44.8 Å². The first-order valence-electron chi connectivity index (χ1n) is 14.9. The van der Waals surface area contributed by atoms with E-state index in [2.05, 4.69) is 167 Å². The summed E-state index contributed by atoms with van der Waals surface area (Å²) in [6.07, 6.45) is 1.31. The van der Waals surface area contributed by atoms with Crippen LogP contribution in [0.25, 0.3) is 21.8 Å². The lowest BCUT2D eigenvalue weighted by Crippen LogP contribution is -2.02. The summed E-state index contributed by atoms with van der Waals surface area (Å²) in [6, 6.07) is 33.6. The van der Waals surface area contributed by atoms with Crippen LogP contribution in [-0.4, -0.2) is 9.13 Å². The van der Waals surface area contributed by atoms with Gasteiger partial charge in [-0.15, -0.1) is 0 Å². The topological polar surface area (TPSA) is 9.86 Å². The summed E-state index contributed by atoms with van der Waals surface area (Å²) >= 11 is 0. The van der Waals surface area contributed by atoms with Crippen LogP contribution in [-0.2, 0) is 25.9 Å². The van der Waals surface area contributed by atoms with Crippen molar-refractivity contribution in [1.82, 2.24) is 9.13 Å². The highest BCUT2D eigenvalue weighted by Crippen LogP contribution is 2.27. The molecule has 0 N–H and O–H groups in total. The maximum absolute atomic E-state index is 3.43. The Labute approximate surface area is 259 Å². The summed E-state index contributed by atoms with van der Waals surface area (Å²) < 4.78 is 4.62. The average Bonchev–Trinajstić information content (AvgIpc) is 3.48. The number of fused-ring (bicyclic) bond motifs is 2. The Morgan fingerprint density at radius 1 is 0.432 bits per heavy atom. The third-order valence-corrected chi connectivity index (χ3v) is 8.40. The number of aryl methyl sites for hydroxylation is 2. The van der Waals surface area contributed by atoms with Crippen LogP contribution in [0.3, 0.4) is 0 Å². The molecule has 4 bridgehead atoms. The Bertz CT molecular complexity index is 2130. The summed E-state index contributed by atoms with van der Waals surface area (Å²) in [5.74, 6) is 27.1. The summed E-state index contributed by atoms with van der Waals surface area (Å²) in [5.41, 5.74) is 11.3. The molecule has 6 heterocycles. The largest absolute Gasteiger partial charge is 0.332 e. The van der Waals surface area contributed by atoms with E-state index in [1.54, 1.807) is 0 Å². The highest BCUT2D eigenvalue weighted by Gasteiger charge is 2.13. The van der Waals surface area contributed by atoms with E-state index in [0.717, 1.165) is 22.3 Å². The van der Waals surface area contributed by atoms with E-state index < -0.39 is 0 Å². The van der Waals surface area contributed by atoms with Crippen molar-refractivity contribution in [3.05, 3.63) is 142 Å². The molecule has 0 unspecified atom stereocenters. The molecule has 2 heteroatoms. The average molecular weight is 563 g/mol. The van der Waals surface area contributed by atoms with Crippen LogP contribution in [0, 0.1) is 61.2 Å². The number of aromatic nitrogens is 2. The predicted molar refractivity (Wildman–Crippen MR) is 181 cm³/mol. The monoisotopic (exact) mass is 562 g/mol. The van der Waals surface area contributed by atoms with Crippen LogP contribution >= 0.6 is 0 Å². The first-order valence-corrected chi connectivity index (χ1v) is 14.9. The standard InChI is InChI=1S/C42H30N2/c1-31-37-15-3-5-17-41(37)43-29-9-13-35-27-23-34(24-28-35)12-8-20-40-32(2)38-16-4-6-18-42(38)44(40)30-10-14-36-25-21-33(22-26-36)11-7-19-39(31)43/h3-6,15-18,21-28H,19-20,29-30H2,1-2H3. The molecular formula is C42H30N2. The molecule has 2 aromatic heterocycles. The molecule has 4 aliphatic rings. The Balaban J connectivity index is 1.29. The van der Waals surface area contributed by atoms with Gasteiger partial charge >= 0.3 is 0 Å². The Morgan fingerprint density at radius 3 is 1.16 bits per heavy atom. The lowest BCUT2D eigenvalue weighted by molar-refractivity contribution is 0.825. The minimum absolute atomic E-state index is 0.605. The summed E-state index contributed by atoms with van der Waals surface area (Å²) in [6.45, 7) is 5.58. The lowest BCUT2D eigenvalue weighted by Gasteiger charge is -2.06. The highest BCUT2D eigenvalue weighted by molar-refractivity contribution is 5.86. The number of para-hydroxylation sites is 2. The smallest absolute Gasteiger partial charge is 0.0844 e. The van der Waals surface area contributed by atoms with Gasteiger partial charge in [0.25, 0.3) is 0 Å². The molecule has 0 aliphatic carbocycles. The molecule has 4 aliphatic heterocycles. The SMILES string of the molecule is Cc1c2n(c3ccccc13)CC#Cc1ccc(cc1)C#CCc1c(C)c3ccccc3n1CC#Cc1ccc(cc1)C#CC2. The molecule has 44 heavy (non-hydrogen) atoms. The fourth-order valence-corrected chi connectivity index (χ4v) is 6.05. The van der Waals surface area contributed by atoms with Crippen molar-refractivity contribution >= 4 is 21.8 Å². The normalized spacial score (nSPS) is 12.4. The molecule has 0 amide bonds. The number of hydrogen-bond donors (Lipinski definition) is 0. The molecule has 0 atom stereocenters. The van der Waals surface area contributed by atoms with Crippen LogP contribution < -0.4 is 0 Å². The van der Waals surface area contributed by atoms with Crippen LogP contribution in [0.5, 0.6) is 0 Å². The zero-order valence-corrected chi connectivity index (χ0v) is 25.0. The van der Waals surface area contributed by atoms with E-state index in [4.69, 9.17) is 0 Å². The molecule has 208 valence electrons. The minimum atomic E-state index is 0.605. The number of rotatable bonds is 0. The van der Waals surface area contributed by atoms with Gasteiger partial charge in [-0.25, -0.2) is 0 Å². The van der Waals surface area contributed by atoms with Crippen LogP contribution in [0.2, 0.25) is 0 Å². The van der Waals surface area contributed by atoms with Gasteiger partial charge in [-0.2, -0.15) is 0 Å². The van der Waals surface area contributed by atoms with Gasteiger partial charge in [0.1, 0.15) is 0 Å². The van der Waals surface area contributed by atoms with Crippen LogP contribution in [0.4, 0.5) is 0 Å². The van der Waals surface area contributed by atoms with Crippen molar-refractivity contribution in [3.63, 3.8) is 0 Å². The first-order chi connectivity index (χ1) is 21.7. The molecule has 0 radical (unpaired) electrons. The predicted octanol–water partition coefficient (Wildman–Crippen LogP) is 7.82. The van der Waals surface area contributed by atoms with Gasteiger partial charge < -0.3 is 9.13 Å². The summed E-state index contributed by atoms with van der Waals surface area (Å²) in [7, 11) is 0. The van der Waals surface area contributed by atoms with Crippen LogP contribution in [0.15, 0.2) is 97.1 Å². The van der Waals surface area contributed by atoms with Crippen molar-refractivity contribution in [3.8, 4) is 47.4 Å². The second kappa shape index (κ2) is 11.8. The second-order valence-electron chi connectivity index (χ2n) is 11.1. The van der Waals surface area contributed by atoms with Gasteiger partial charge in [0.15, 0.2) is 0 Å². The van der Waals surface area contributed by atoms with E-state index in [0.29, 0.717) is 25.9 Å². The van der Waals surface area contributed by atoms with Gasteiger partial charge in [-0.3, -0.25) is 0 Å². The second-order valence-corrected chi connectivity index (χ2v) is 11.1. The molecule has 0 spiro atoms. The Kier molecular flexibility index (Phi) is 7.27. The van der Waals surface area contributed by atoms with Gasteiger partial charge in [-0.05, 0) is 85.6 Å². The molecule has 2 nitrogen and oxygen atoms in total. The number of hydrogen-bond acceptors (Lipinski definition) is 0. The third-order valence-electron chi connectivity index (χ3n) is 8.40. The summed E-state index contributed by atoms with van der Waals surface area (Å²) in [4.78, 5) is 0. The fourth-order valence-electron chi connectivity index (χ4n) is 6.05. The quantitative estimate of drug-likeness (QED) is 0.167. The van der Waals surface area contributed by atoms with E-state index in [-0.39, 0.29) is 0 Å². The zero-order valence-electron chi connectivity index (χ0n) is 25.0. The Morgan fingerprint density at radius 2 is 0.773 bits per heavy atom. The van der Waals surface area contributed by atoms with E-state index in [1.165, 1.54) is 44.3 Å². The molecular weight excluding hydrogens is 532 g/mol. The maximum Gasteiger partial charge on any atom is 0.0844 e. The molecule has 6 aromatic rings. The van der Waals surface area contributed by atoms with Gasteiger partial charge in [0.05, 0.1) is 25.9 Å². The third kappa shape index (κ3) is 5.28. The van der Waals surface area contributed by atoms with Gasteiger partial charge in [0, 0.05) is 55.4 Å². The maximum atomic E-state index is 3.43. The van der Waals surface area contributed by atoms with E-state index >= 15 is 0 Å². The molecule has 4 aromatic carbocycles. The fraction of sp³-hybridized carbons (Fsp3) is 0.143. The molecule has 0 saturated heterocycles. The molecule has 10 rings (SSSR count). The van der Waals surface area contributed by atoms with Gasteiger partial charge in [0.2, 0.25) is 0 Å². The zero-order chi connectivity index (χ0) is 29.9. The minimum Gasteiger partial charge on any atom is -0.332 e. The van der Waals surface area contributed by atoms with Crippen molar-refractivity contribution in [1.29, 1.82) is 0 Å². The molecule has 0 saturated carbocycles. The molecule has 0 fully saturated rings. The highest BCUT2D eigenvalue weighted by atomic mass is 15.0. The number of nitrogens with zero attached hydrogens (tertiary/aromatic N) is 2. The van der Waals surface area contributed by atoms with Gasteiger partial charge in [-0.1, -0.05) is 83.8 Å². The van der Waals surface area contributed by atoms with Crippen molar-refractivity contribution in [2.75, 3.05) is 0 Å². The van der Waals surface area contributed by atoms with E-state index in [1.807, 2.05) is 0 Å². The first kappa shape index (κ1) is 27.1. The van der Waals surface area contributed by atoms with Crippen molar-refractivity contribution < 1.29 is 0 Å². The van der Waals surface area contributed by atoms with E-state index in [9.17, 15) is 0 Å². The summed E-state index contributed by atoms with van der Waals surface area (Å²) in [5, 5.41) is 2.51. The number of benzene rings is 4. The van der Waals surface area contributed by atoms with Crippen molar-refractivity contribution in [2.24, 2.45) is 0 Å².